The predicted molar refractivity (Wildman–Crippen MR) is 252 cm³/mol. The Morgan fingerprint density at radius 2 is 0.726 bits per heavy atom. The lowest BCUT2D eigenvalue weighted by Gasteiger charge is -2.42. The Labute approximate surface area is 378 Å². The fourth-order valence-corrected chi connectivity index (χ4v) is 6.47. The lowest BCUT2D eigenvalue weighted by molar-refractivity contribution is -0.157. The van der Waals surface area contributed by atoms with Crippen LogP contribution in [0.4, 0.5) is 0 Å². The van der Waals surface area contributed by atoms with E-state index in [1.54, 1.807) is 0 Å². The van der Waals surface area contributed by atoms with Crippen LogP contribution in [-0.2, 0) is 38.0 Å². The van der Waals surface area contributed by atoms with Gasteiger partial charge in [-0.2, -0.15) is 0 Å². The van der Waals surface area contributed by atoms with Gasteiger partial charge >= 0.3 is 11.9 Å². The summed E-state index contributed by atoms with van der Waals surface area (Å²) >= 11 is 0. The summed E-state index contributed by atoms with van der Waals surface area (Å²) in [5, 5.41) is 0. The normalized spacial score (nSPS) is 13.4. The lowest BCUT2D eigenvalue weighted by atomic mass is 9.73. The molecule has 1 aromatic carbocycles. The minimum atomic E-state index is -0.611. The maximum absolute atomic E-state index is 11.6. The maximum atomic E-state index is 11.6. The van der Waals surface area contributed by atoms with Gasteiger partial charge in [-0.15, -0.1) is 0 Å². The molecule has 1 rings (SSSR count). The number of benzene rings is 1. The molecule has 0 bridgehead atoms. The predicted octanol–water partition coefficient (Wildman–Crippen LogP) is 12.6. The van der Waals surface area contributed by atoms with E-state index in [0.29, 0.717) is 52.5 Å². The van der Waals surface area contributed by atoms with Crippen LogP contribution < -0.4 is 9.47 Å². The van der Waals surface area contributed by atoms with Gasteiger partial charge in [-0.3, -0.25) is 0 Å². The van der Waals surface area contributed by atoms with Crippen LogP contribution in [0.3, 0.4) is 0 Å². The summed E-state index contributed by atoms with van der Waals surface area (Å²) < 4.78 is 48.3. The van der Waals surface area contributed by atoms with Crippen LogP contribution >= 0.6 is 0 Å². The first-order chi connectivity index (χ1) is 28.4. The molecule has 10 heteroatoms. The van der Waals surface area contributed by atoms with Gasteiger partial charge in [0.1, 0.15) is 22.7 Å². The molecule has 0 aromatic heterocycles. The van der Waals surface area contributed by atoms with Gasteiger partial charge in [0.2, 0.25) is 0 Å². The summed E-state index contributed by atoms with van der Waals surface area (Å²) in [6.45, 7) is 44.0. The summed E-state index contributed by atoms with van der Waals surface area (Å²) in [6.07, 6.45) is 11.1. The number of esters is 2. The second-order valence-corrected chi connectivity index (χ2v) is 21.6. The first-order valence-corrected chi connectivity index (χ1v) is 23.0. The molecule has 10 nitrogen and oxygen atoms in total. The van der Waals surface area contributed by atoms with Crippen LogP contribution in [0.15, 0.2) is 49.6 Å². The summed E-state index contributed by atoms with van der Waals surface area (Å²) in [5.74, 6) is 0.776. The van der Waals surface area contributed by atoms with Gasteiger partial charge in [0.05, 0.1) is 48.8 Å². The maximum Gasteiger partial charge on any atom is 0.330 e. The van der Waals surface area contributed by atoms with E-state index in [-0.39, 0.29) is 33.2 Å². The molecule has 0 amide bonds. The third-order valence-electron chi connectivity index (χ3n) is 12.8. The molecule has 0 aliphatic heterocycles. The zero-order chi connectivity index (χ0) is 47.5. The molecule has 0 saturated heterocycles. The molecule has 0 atom stereocenters. The van der Waals surface area contributed by atoms with E-state index >= 15 is 0 Å². The first-order valence-electron chi connectivity index (χ1n) is 23.0. The quantitative estimate of drug-likeness (QED) is 0.0377. The third-order valence-corrected chi connectivity index (χ3v) is 12.8. The summed E-state index contributed by atoms with van der Waals surface area (Å²) in [4.78, 5) is 23.3. The largest absolute Gasteiger partial charge is 0.493 e. The van der Waals surface area contributed by atoms with Crippen LogP contribution in [0.2, 0.25) is 0 Å². The van der Waals surface area contributed by atoms with Crippen molar-refractivity contribution in [3.05, 3.63) is 49.6 Å². The monoisotopic (exact) mass is 875 g/mol. The Balaban J connectivity index is 2.34. The molecular weight excluding hydrogens is 785 g/mol. The molecular formula is C52H90O10. The molecule has 0 fully saturated rings. The molecule has 1 aromatic rings. The summed E-state index contributed by atoms with van der Waals surface area (Å²) in [5.41, 5.74) is -2.61. The highest BCUT2D eigenvalue weighted by Crippen LogP contribution is 2.40. The van der Waals surface area contributed by atoms with Crippen molar-refractivity contribution in [2.24, 2.45) is 10.8 Å². The Bertz CT molecular complexity index is 1370. The number of carbonyl (C=O) groups excluding carboxylic acids is 2. The van der Waals surface area contributed by atoms with Gasteiger partial charge < -0.3 is 37.9 Å². The van der Waals surface area contributed by atoms with Gasteiger partial charge in [-0.1, -0.05) is 53.7 Å². The van der Waals surface area contributed by atoms with Crippen molar-refractivity contribution < 1.29 is 47.5 Å². The molecule has 0 radical (unpaired) electrons. The van der Waals surface area contributed by atoms with Gasteiger partial charge in [0, 0.05) is 51.0 Å². The highest BCUT2D eigenvalue weighted by atomic mass is 16.6. The molecule has 0 aliphatic rings. The fraction of sp³-hybridized carbons (Fsp3) is 0.769. The van der Waals surface area contributed by atoms with E-state index in [4.69, 9.17) is 37.9 Å². The van der Waals surface area contributed by atoms with Crippen LogP contribution in [0.5, 0.6) is 11.5 Å². The molecule has 0 saturated carbocycles. The summed E-state index contributed by atoms with van der Waals surface area (Å²) in [6, 6.07) is 7.80. The van der Waals surface area contributed by atoms with E-state index in [1.165, 1.54) is 12.2 Å². The molecule has 62 heavy (non-hydrogen) atoms. The average molecular weight is 875 g/mol. The van der Waals surface area contributed by atoms with Gasteiger partial charge in [-0.25, -0.2) is 9.59 Å². The smallest absolute Gasteiger partial charge is 0.330 e. The number of unbranched alkanes of at least 4 members (excludes halogenated alkanes) is 2. The van der Waals surface area contributed by atoms with Crippen molar-refractivity contribution in [3.8, 4) is 11.5 Å². The van der Waals surface area contributed by atoms with Crippen LogP contribution in [0, 0.1) is 10.8 Å². The second-order valence-electron chi connectivity index (χ2n) is 21.6. The lowest BCUT2D eigenvalue weighted by Crippen LogP contribution is -2.43. The van der Waals surface area contributed by atoms with Crippen molar-refractivity contribution in [2.75, 3.05) is 39.6 Å². The van der Waals surface area contributed by atoms with E-state index in [0.717, 1.165) is 62.9 Å². The Hall–Kier alpha value is -2.92. The van der Waals surface area contributed by atoms with E-state index in [2.05, 4.69) is 96.2 Å². The number of carbonyl (C=O) groups is 2. The van der Waals surface area contributed by atoms with Crippen molar-refractivity contribution in [1.29, 1.82) is 0 Å². The molecule has 358 valence electrons. The zero-order valence-electron chi connectivity index (χ0n) is 42.3. The van der Waals surface area contributed by atoms with Gasteiger partial charge in [0.25, 0.3) is 0 Å². The standard InChI is InChI=1S/C52H90O10/c1-19-43(53)61-49(11,12)33-39-59-51(15,16)45(3,4)29-21-23-35-57-47(7,8)31-37-55-41-25-27-42(28-26-41)56-38-32-48(9,10)58-36-24-22-30-46(5,6)52(17,18)60-40-34-50(13,14)62-44(54)20-2/h19-20,25-28H,1-2,21-24,29-40H2,3-18H3. The third kappa shape index (κ3) is 22.6. The second kappa shape index (κ2) is 25.0. The Morgan fingerprint density at radius 1 is 0.419 bits per heavy atom. The van der Waals surface area contributed by atoms with Gasteiger partial charge in [0.15, 0.2) is 0 Å². The number of hydrogen-bond donors (Lipinski definition) is 0. The van der Waals surface area contributed by atoms with Crippen LogP contribution in [0.1, 0.15) is 175 Å². The number of hydrogen-bond acceptors (Lipinski definition) is 10. The highest BCUT2D eigenvalue weighted by molar-refractivity contribution is 5.81. The van der Waals surface area contributed by atoms with E-state index in [1.807, 2.05) is 52.0 Å². The Morgan fingerprint density at radius 3 is 1.03 bits per heavy atom. The van der Waals surface area contributed by atoms with E-state index in [9.17, 15) is 9.59 Å². The first kappa shape index (κ1) is 57.1. The minimum Gasteiger partial charge on any atom is -0.493 e. The van der Waals surface area contributed by atoms with Gasteiger partial charge in [-0.05, 0) is 144 Å². The topological polar surface area (TPSA) is 108 Å². The average Bonchev–Trinajstić information content (AvgIpc) is 3.13. The molecule has 0 heterocycles. The van der Waals surface area contributed by atoms with E-state index < -0.39 is 23.1 Å². The highest BCUT2D eigenvalue weighted by Gasteiger charge is 2.39. The SMILES string of the molecule is C=CC(=O)OC(C)(C)CCOC(C)(C)C(C)(C)CCCCOC(C)(C)CCOc1ccc(OCCC(C)(C)OCCCCC(C)(C)C(C)(C)OCCC(C)(C)OC(=O)C=C)cc1. The molecule has 0 N–H and O–H groups in total. The van der Waals surface area contributed by atoms with Crippen molar-refractivity contribution in [3.63, 3.8) is 0 Å². The van der Waals surface area contributed by atoms with Crippen molar-refractivity contribution in [2.45, 2.75) is 209 Å². The molecule has 0 unspecified atom stereocenters. The fourth-order valence-electron chi connectivity index (χ4n) is 6.47. The number of ether oxygens (including phenoxy) is 8. The van der Waals surface area contributed by atoms with Crippen LogP contribution in [-0.4, -0.2) is 85.2 Å². The van der Waals surface area contributed by atoms with Crippen LogP contribution in [0.25, 0.3) is 0 Å². The Kier molecular flexibility index (Phi) is 23.0. The van der Waals surface area contributed by atoms with Crippen molar-refractivity contribution >= 4 is 11.9 Å². The zero-order valence-corrected chi connectivity index (χ0v) is 42.3. The summed E-state index contributed by atoms with van der Waals surface area (Å²) in [7, 11) is 0. The molecule has 0 aliphatic carbocycles. The molecule has 0 spiro atoms. The van der Waals surface area contributed by atoms with Crippen molar-refractivity contribution in [1.82, 2.24) is 0 Å². The minimum absolute atomic E-state index is 0.0498. The number of rotatable bonds is 34.